The van der Waals surface area contributed by atoms with Crippen molar-refractivity contribution in [1.82, 2.24) is 0 Å². The smallest absolute Gasteiger partial charge is 0.349 e. The van der Waals surface area contributed by atoms with Gasteiger partial charge >= 0.3 is 11.9 Å². The van der Waals surface area contributed by atoms with Gasteiger partial charge in [0.25, 0.3) is 0 Å². The van der Waals surface area contributed by atoms with Crippen molar-refractivity contribution < 1.29 is 28.9 Å². The lowest BCUT2D eigenvalue weighted by Gasteiger charge is -2.26. The third-order valence-electron chi connectivity index (χ3n) is 6.40. The van der Waals surface area contributed by atoms with E-state index in [4.69, 9.17) is 19.3 Å². The van der Waals surface area contributed by atoms with Crippen LogP contribution in [0.25, 0.3) is 0 Å². The Morgan fingerprint density at radius 1 is 0.969 bits per heavy atom. The maximum absolute atomic E-state index is 11.7. The fourth-order valence-corrected chi connectivity index (χ4v) is 4.91. The molecular weight excluding hydrogens is 410 g/mol. The molecule has 0 saturated heterocycles. The monoisotopic (exact) mass is 429 g/mol. The number of para-hydroxylation sites is 1. The third-order valence-corrected chi connectivity index (χ3v) is 6.40. The van der Waals surface area contributed by atoms with Gasteiger partial charge in [0, 0.05) is 30.4 Å². The maximum Gasteiger partial charge on any atom is 0.349 e. The number of esters is 1. The summed E-state index contributed by atoms with van der Waals surface area (Å²) in [6.07, 6.45) is 0. The van der Waals surface area contributed by atoms with Crippen molar-refractivity contribution in [2.75, 3.05) is 24.7 Å². The van der Waals surface area contributed by atoms with Crippen LogP contribution in [0.2, 0.25) is 0 Å². The highest BCUT2D eigenvalue weighted by Gasteiger charge is 2.50. The van der Waals surface area contributed by atoms with E-state index < -0.39 is 17.4 Å². The summed E-state index contributed by atoms with van der Waals surface area (Å²) in [6.45, 7) is 1.70. The quantitative estimate of drug-likeness (QED) is 0.505. The van der Waals surface area contributed by atoms with Gasteiger partial charge in [-0.15, -0.1) is 0 Å². The van der Waals surface area contributed by atoms with Crippen molar-refractivity contribution in [3.63, 3.8) is 0 Å². The average molecular weight is 429 g/mol. The Bertz CT molecular complexity index is 1270. The van der Waals surface area contributed by atoms with Crippen molar-refractivity contribution in [3.8, 4) is 17.2 Å². The van der Waals surface area contributed by atoms with Crippen LogP contribution in [-0.4, -0.2) is 36.8 Å². The number of anilines is 1. The number of carboxylic acid groups (broad SMARTS) is 1. The number of carbonyl (C=O) groups is 2. The molecule has 3 aromatic rings. The van der Waals surface area contributed by atoms with Crippen molar-refractivity contribution in [1.29, 1.82) is 0 Å². The predicted molar refractivity (Wildman–Crippen MR) is 115 cm³/mol. The molecule has 7 heteroatoms. The molecule has 0 bridgehead atoms. The van der Waals surface area contributed by atoms with Gasteiger partial charge in [-0.1, -0.05) is 30.3 Å². The van der Waals surface area contributed by atoms with Gasteiger partial charge in [-0.25, -0.2) is 9.59 Å². The Kier molecular flexibility index (Phi) is 3.95. The molecule has 3 heterocycles. The van der Waals surface area contributed by atoms with Crippen LogP contribution in [0.1, 0.15) is 27.0 Å². The number of rotatable bonds is 3. The van der Waals surface area contributed by atoms with Crippen LogP contribution < -0.4 is 19.1 Å². The highest BCUT2D eigenvalue weighted by Crippen LogP contribution is 2.54. The number of nitrogens with zero attached hydrogens (tertiary/aromatic N) is 1. The molecule has 3 aliphatic rings. The summed E-state index contributed by atoms with van der Waals surface area (Å²) >= 11 is 0. The average Bonchev–Trinajstić information content (AvgIpc) is 3.31. The van der Waals surface area contributed by atoms with Crippen LogP contribution in [0.5, 0.6) is 17.2 Å². The molecule has 0 aliphatic carbocycles. The molecule has 1 atom stereocenters. The molecule has 0 radical (unpaired) electrons. The van der Waals surface area contributed by atoms with Gasteiger partial charge in [-0.05, 0) is 35.4 Å². The summed E-state index contributed by atoms with van der Waals surface area (Å²) in [5.74, 6) is 0.328. The SMILES string of the molecule is O=C1COc2cc3c(cc2O1)[C@@]1(CO3)CN(Cc2ccc(C(=O)O)cc2)c2ccccc21. The normalized spacial score (nSPS) is 20.1. The first-order chi connectivity index (χ1) is 15.5. The number of fused-ring (bicyclic) bond motifs is 5. The summed E-state index contributed by atoms with van der Waals surface area (Å²) < 4.78 is 17.0. The topological polar surface area (TPSA) is 85.3 Å². The molecule has 160 valence electrons. The van der Waals surface area contributed by atoms with Crippen molar-refractivity contribution in [3.05, 3.63) is 82.9 Å². The molecule has 6 rings (SSSR count). The van der Waals surface area contributed by atoms with Gasteiger partial charge < -0.3 is 24.2 Å². The van der Waals surface area contributed by atoms with Crippen molar-refractivity contribution in [2.24, 2.45) is 0 Å². The molecule has 0 saturated carbocycles. The molecule has 0 amide bonds. The van der Waals surface area contributed by atoms with Gasteiger partial charge in [-0.2, -0.15) is 0 Å². The van der Waals surface area contributed by atoms with E-state index in [0.29, 0.717) is 31.2 Å². The summed E-state index contributed by atoms with van der Waals surface area (Å²) in [5.41, 5.74) is 4.14. The van der Waals surface area contributed by atoms with Gasteiger partial charge in [0.15, 0.2) is 18.1 Å². The lowest BCUT2D eigenvalue weighted by atomic mass is 9.77. The maximum atomic E-state index is 11.7. The molecule has 1 N–H and O–H groups in total. The largest absolute Gasteiger partial charge is 0.492 e. The molecule has 0 unspecified atom stereocenters. The first-order valence-corrected chi connectivity index (χ1v) is 10.3. The second-order valence-corrected chi connectivity index (χ2v) is 8.30. The van der Waals surface area contributed by atoms with E-state index >= 15 is 0 Å². The predicted octanol–water partition coefficient (Wildman–Crippen LogP) is 3.38. The standard InChI is InChI=1S/C25H19NO6/c27-23-12-30-21-10-20-18(9-22(21)32-23)25(14-31-20)13-26(19-4-2-1-3-17(19)25)11-15-5-7-16(8-6-15)24(28)29/h1-10H,11-14H2,(H,28,29)/t25-/m1/s1. The number of hydrogen-bond donors (Lipinski definition) is 1. The zero-order chi connectivity index (χ0) is 21.9. The van der Waals surface area contributed by atoms with Crippen LogP contribution in [0.4, 0.5) is 5.69 Å². The number of carboxylic acids is 1. The molecule has 32 heavy (non-hydrogen) atoms. The van der Waals surface area contributed by atoms with Crippen LogP contribution in [0.3, 0.4) is 0 Å². The van der Waals surface area contributed by atoms with Gasteiger partial charge in [0.05, 0.1) is 11.0 Å². The Balaban J connectivity index is 1.39. The lowest BCUT2D eigenvalue weighted by molar-refractivity contribution is -0.138. The van der Waals surface area contributed by atoms with Crippen LogP contribution >= 0.6 is 0 Å². The first kappa shape index (κ1) is 18.7. The first-order valence-electron chi connectivity index (χ1n) is 10.3. The molecular formula is C25H19NO6. The zero-order valence-electron chi connectivity index (χ0n) is 17.0. The van der Waals surface area contributed by atoms with Gasteiger partial charge in [-0.3, -0.25) is 0 Å². The summed E-state index contributed by atoms with van der Waals surface area (Å²) in [4.78, 5) is 25.2. The fraction of sp³-hybridized carbons (Fsp3) is 0.200. The van der Waals surface area contributed by atoms with Crippen LogP contribution in [0.15, 0.2) is 60.7 Å². The fourth-order valence-electron chi connectivity index (χ4n) is 4.91. The summed E-state index contributed by atoms with van der Waals surface area (Å²) in [5, 5.41) is 9.16. The lowest BCUT2D eigenvalue weighted by Crippen LogP contribution is -2.36. The van der Waals surface area contributed by atoms with Gasteiger partial charge in [0.1, 0.15) is 12.4 Å². The number of ether oxygens (including phenoxy) is 3. The summed E-state index contributed by atoms with van der Waals surface area (Å²) in [7, 11) is 0. The molecule has 7 nitrogen and oxygen atoms in total. The highest BCUT2D eigenvalue weighted by atomic mass is 16.6. The molecule has 0 aromatic heterocycles. The minimum absolute atomic E-state index is 0.103. The van der Waals surface area contributed by atoms with E-state index in [1.165, 1.54) is 0 Å². The zero-order valence-corrected chi connectivity index (χ0v) is 17.0. The van der Waals surface area contributed by atoms with Crippen LogP contribution in [-0.2, 0) is 16.8 Å². The van der Waals surface area contributed by atoms with E-state index in [0.717, 1.165) is 28.1 Å². The Hall–Kier alpha value is -4.00. The van der Waals surface area contributed by atoms with E-state index in [1.54, 1.807) is 12.1 Å². The van der Waals surface area contributed by atoms with Gasteiger partial charge in [0.2, 0.25) is 0 Å². The molecule has 1 spiro atoms. The number of hydrogen-bond acceptors (Lipinski definition) is 6. The third kappa shape index (κ3) is 2.74. The Morgan fingerprint density at radius 2 is 1.78 bits per heavy atom. The second-order valence-electron chi connectivity index (χ2n) is 8.30. The van der Waals surface area contributed by atoms with E-state index in [2.05, 4.69) is 17.0 Å². The minimum Gasteiger partial charge on any atom is -0.492 e. The minimum atomic E-state index is -0.935. The molecule has 3 aliphatic heterocycles. The van der Waals surface area contributed by atoms with Crippen molar-refractivity contribution in [2.45, 2.75) is 12.0 Å². The van der Waals surface area contributed by atoms with E-state index in [9.17, 15) is 9.59 Å². The Morgan fingerprint density at radius 3 is 2.59 bits per heavy atom. The Labute approximate surface area is 183 Å². The number of benzene rings is 3. The van der Waals surface area contributed by atoms with E-state index in [1.807, 2.05) is 36.4 Å². The highest BCUT2D eigenvalue weighted by molar-refractivity contribution is 5.87. The summed E-state index contributed by atoms with van der Waals surface area (Å²) in [6, 6.07) is 18.9. The van der Waals surface area contributed by atoms with E-state index in [-0.39, 0.29) is 12.2 Å². The number of carbonyl (C=O) groups excluding carboxylic acids is 1. The van der Waals surface area contributed by atoms with Crippen LogP contribution in [0, 0.1) is 0 Å². The molecule has 0 fully saturated rings. The molecule has 3 aromatic carbocycles. The second kappa shape index (κ2) is 6.75. The number of aromatic carboxylic acids is 1. The van der Waals surface area contributed by atoms with Crippen molar-refractivity contribution >= 4 is 17.6 Å².